The molecular weight excluding hydrogens is 245 g/mol. The van der Waals surface area contributed by atoms with Crippen molar-refractivity contribution >= 4 is 15.9 Å². The Morgan fingerprint density at radius 2 is 2.21 bits per heavy atom. The molecule has 1 saturated carbocycles. The molecule has 0 heterocycles. The second kappa shape index (κ2) is 3.99. The van der Waals surface area contributed by atoms with Crippen molar-refractivity contribution in [1.29, 1.82) is 0 Å². The first-order chi connectivity index (χ1) is 6.68. The van der Waals surface area contributed by atoms with Gasteiger partial charge in [0.15, 0.2) is 0 Å². The molecule has 2 rings (SSSR count). The zero-order valence-corrected chi connectivity index (χ0v) is 9.64. The van der Waals surface area contributed by atoms with E-state index < -0.39 is 0 Å². The van der Waals surface area contributed by atoms with Crippen molar-refractivity contribution in [2.24, 2.45) is 0 Å². The van der Waals surface area contributed by atoms with Crippen molar-refractivity contribution in [2.75, 3.05) is 0 Å². The Morgan fingerprint density at radius 1 is 1.50 bits per heavy atom. The second-order valence-corrected chi connectivity index (χ2v) is 4.66. The average Bonchev–Trinajstić information content (AvgIpc) is 2.93. The van der Waals surface area contributed by atoms with Gasteiger partial charge in [0.25, 0.3) is 0 Å². The molecule has 1 nitrogen and oxygen atoms in total. The summed E-state index contributed by atoms with van der Waals surface area (Å²) in [5, 5.41) is 3.38. The van der Waals surface area contributed by atoms with E-state index in [-0.39, 0.29) is 11.9 Å². The minimum atomic E-state index is -0.145. The van der Waals surface area contributed by atoms with E-state index in [1.165, 1.54) is 12.8 Å². The van der Waals surface area contributed by atoms with Crippen LogP contribution >= 0.6 is 15.9 Å². The fourth-order valence-electron chi connectivity index (χ4n) is 1.55. The zero-order valence-electron chi connectivity index (χ0n) is 8.06. The Labute approximate surface area is 91.8 Å². The fraction of sp³-hybridized carbons (Fsp3) is 0.455. The Hall–Kier alpha value is -0.410. The topological polar surface area (TPSA) is 12.0 Å². The van der Waals surface area contributed by atoms with Gasteiger partial charge in [-0.25, -0.2) is 4.39 Å². The minimum Gasteiger partial charge on any atom is -0.307 e. The van der Waals surface area contributed by atoms with Crippen LogP contribution in [0.4, 0.5) is 4.39 Å². The van der Waals surface area contributed by atoms with Crippen molar-refractivity contribution in [2.45, 2.75) is 31.8 Å². The smallest absolute Gasteiger partial charge is 0.142 e. The summed E-state index contributed by atoms with van der Waals surface area (Å²) < 4.78 is 14.2. The molecule has 1 aliphatic carbocycles. The molecule has 1 aliphatic rings. The molecule has 1 aromatic rings. The van der Waals surface area contributed by atoms with Crippen LogP contribution in [0, 0.1) is 5.82 Å². The fourth-order valence-corrected chi connectivity index (χ4v) is 1.93. The van der Waals surface area contributed by atoms with E-state index in [9.17, 15) is 4.39 Å². The third kappa shape index (κ3) is 2.15. The molecule has 76 valence electrons. The maximum Gasteiger partial charge on any atom is 0.142 e. The van der Waals surface area contributed by atoms with Gasteiger partial charge >= 0.3 is 0 Å². The molecule has 0 radical (unpaired) electrons. The standard InChI is InChI=1S/C11H13BrFN/c1-7(14-8-5-6-8)9-3-2-4-10(12)11(9)13/h2-4,7-8,14H,5-6H2,1H3. The first kappa shape index (κ1) is 10.1. The predicted octanol–water partition coefficient (Wildman–Crippen LogP) is 3.40. The molecule has 1 N–H and O–H groups in total. The maximum atomic E-state index is 13.6. The Balaban J connectivity index is 2.16. The lowest BCUT2D eigenvalue weighted by molar-refractivity contribution is 0.523. The number of rotatable bonds is 3. The Kier molecular flexibility index (Phi) is 2.88. The van der Waals surface area contributed by atoms with Crippen LogP contribution in [0.15, 0.2) is 22.7 Å². The van der Waals surface area contributed by atoms with E-state index in [0.29, 0.717) is 10.5 Å². The lowest BCUT2D eigenvalue weighted by Gasteiger charge is -2.14. The molecule has 0 bridgehead atoms. The number of nitrogens with one attached hydrogen (secondary N) is 1. The molecule has 3 heteroatoms. The summed E-state index contributed by atoms with van der Waals surface area (Å²) in [6.45, 7) is 2.00. The third-order valence-corrected chi connectivity index (χ3v) is 3.12. The number of hydrogen-bond donors (Lipinski definition) is 1. The summed E-state index contributed by atoms with van der Waals surface area (Å²) in [6.07, 6.45) is 2.44. The van der Waals surface area contributed by atoms with E-state index in [0.717, 1.165) is 5.56 Å². The van der Waals surface area contributed by atoms with E-state index in [1.807, 2.05) is 19.1 Å². The van der Waals surface area contributed by atoms with E-state index in [1.54, 1.807) is 6.07 Å². The summed E-state index contributed by atoms with van der Waals surface area (Å²) in [7, 11) is 0. The van der Waals surface area contributed by atoms with Gasteiger partial charge in [0.1, 0.15) is 5.82 Å². The van der Waals surface area contributed by atoms with Gasteiger partial charge in [-0.15, -0.1) is 0 Å². The second-order valence-electron chi connectivity index (χ2n) is 3.81. The number of hydrogen-bond acceptors (Lipinski definition) is 1. The summed E-state index contributed by atoms with van der Waals surface area (Å²) in [4.78, 5) is 0. The molecule has 1 aromatic carbocycles. The minimum absolute atomic E-state index is 0.0972. The van der Waals surface area contributed by atoms with Crippen LogP contribution in [0.3, 0.4) is 0 Å². The zero-order chi connectivity index (χ0) is 10.1. The SMILES string of the molecule is CC(NC1CC1)c1cccc(Br)c1F. The molecule has 0 spiro atoms. The van der Waals surface area contributed by atoms with Gasteiger partial charge in [-0.3, -0.25) is 0 Å². The lowest BCUT2D eigenvalue weighted by atomic mass is 10.1. The van der Waals surface area contributed by atoms with E-state index in [4.69, 9.17) is 0 Å². The van der Waals surface area contributed by atoms with Crippen molar-refractivity contribution in [3.8, 4) is 0 Å². The van der Waals surface area contributed by atoms with Gasteiger partial charge in [-0.05, 0) is 41.8 Å². The van der Waals surface area contributed by atoms with Crippen molar-refractivity contribution < 1.29 is 4.39 Å². The number of benzene rings is 1. The monoisotopic (exact) mass is 257 g/mol. The van der Waals surface area contributed by atoms with Gasteiger partial charge in [0.2, 0.25) is 0 Å². The molecular formula is C11H13BrFN. The summed E-state index contributed by atoms with van der Waals surface area (Å²) in [5.74, 6) is -0.145. The van der Waals surface area contributed by atoms with Gasteiger partial charge in [-0.2, -0.15) is 0 Å². The average molecular weight is 258 g/mol. The van der Waals surface area contributed by atoms with Crippen LogP contribution in [-0.4, -0.2) is 6.04 Å². The van der Waals surface area contributed by atoms with Gasteiger partial charge in [-0.1, -0.05) is 12.1 Å². The summed E-state index contributed by atoms with van der Waals surface area (Å²) in [5.41, 5.74) is 0.742. The molecule has 0 aromatic heterocycles. The quantitative estimate of drug-likeness (QED) is 0.876. The normalized spacial score (nSPS) is 18.2. The Bertz CT molecular complexity index is 336. The van der Waals surface area contributed by atoms with Crippen LogP contribution in [0.5, 0.6) is 0 Å². The van der Waals surface area contributed by atoms with E-state index >= 15 is 0 Å². The molecule has 1 unspecified atom stereocenters. The van der Waals surface area contributed by atoms with Gasteiger partial charge in [0.05, 0.1) is 4.47 Å². The molecule has 1 fully saturated rings. The van der Waals surface area contributed by atoms with Crippen LogP contribution in [-0.2, 0) is 0 Å². The predicted molar refractivity (Wildman–Crippen MR) is 58.7 cm³/mol. The highest BCUT2D eigenvalue weighted by Crippen LogP contribution is 2.27. The van der Waals surface area contributed by atoms with Gasteiger partial charge < -0.3 is 5.32 Å². The van der Waals surface area contributed by atoms with Crippen molar-refractivity contribution in [3.63, 3.8) is 0 Å². The van der Waals surface area contributed by atoms with Crippen molar-refractivity contribution in [1.82, 2.24) is 5.32 Å². The largest absolute Gasteiger partial charge is 0.307 e. The highest BCUT2D eigenvalue weighted by molar-refractivity contribution is 9.10. The lowest BCUT2D eigenvalue weighted by Crippen LogP contribution is -2.21. The summed E-state index contributed by atoms with van der Waals surface area (Å²) >= 11 is 3.19. The highest BCUT2D eigenvalue weighted by atomic mass is 79.9. The van der Waals surface area contributed by atoms with Gasteiger partial charge in [0, 0.05) is 17.6 Å². The highest BCUT2D eigenvalue weighted by Gasteiger charge is 2.24. The first-order valence-electron chi connectivity index (χ1n) is 4.88. The summed E-state index contributed by atoms with van der Waals surface area (Å²) in [6, 6.07) is 6.12. The third-order valence-electron chi connectivity index (χ3n) is 2.51. The van der Waals surface area contributed by atoms with E-state index in [2.05, 4.69) is 21.2 Å². The molecule has 1 atom stereocenters. The van der Waals surface area contributed by atoms with Crippen LogP contribution in [0.1, 0.15) is 31.4 Å². The first-order valence-corrected chi connectivity index (χ1v) is 5.67. The molecule has 0 amide bonds. The maximum absolute atomic E-state index is 13.6. The Morgan fingerprint density at radius 3 is 2.86 bits per heavy atom. The van der Waals surface area contributed by atoms with Crippen molar-refractivity contribution in [3.05, 3.63) is 34.1 Å². The number of halogens is 2. The van der Waals surface area contributed by atoms with Crippen LogP contribution in [0.25, 0.3) is 0 Å². The molecule has 0 saturated heterocycles. The molecule has 0 aliphatic heterocycles. The molecule has 14 heavy (non-hydrogen) atoms. The van der Waals surface area contributed by atoms with Crippen LogP contribution < -0.4 is 5.32 Å². The van der Waals surface area contributed by atoms with Crippen LogP contribution in [0.2, 0.25) is 0 Å².